The Kier molecular flexibility index (Phi) is 3.66. The Hall–Kier alpha value is -2.66. The average molecular weight is 367 g/mol. The fourth-order valence-corrected chi connectivity index (χ4v) is 4.31. The summed E-state index contributed by atoms with van der Waals surface area (Å²) >= 11 is 6.93. The highest BCUT2D eigenvalue weighted by Gasteiger charge is 2.54. The molecule has 4 rings (SSSR count). The van der Waals surface area contributed by atoms with Crippen molar-refractivity contribution in [1.29, 1.82) is 0 Å². The molecule has 1 atom stereocenters. The summed E-state index contributed by atoms with van der Waals surface area (Å²) in [4.78, 5) is 17.4. The number of hydrogen-bond acceptors (Lipinski definition) is 4. The lowest BCUT2D eigenvalue weighted by molar-refractivity contribution is -0.110. The van der Waals surface area contributed by atoms with Crippen LogP contribution in [0.2, 0.25) is 0 Å². The zero-order valence-corrected chi connectivity index (χ0v) is 15.6. The van der Waals surface area contributed by atoms with Crippen molar-refractivity contribution in [2.24, 2.45) is 0 Å². The number of nitrogens with zero attached hydrogens (tertiary/aromatic N) is 4. The van der Waals surface area contributed by atoms with E-state index in [0.717, 1.165) is 34.5 Å². The highest BCUT2D eigenvalue weighted by molar-refractivity contribution is 6.34. The molecule has 132 valence electrons. The minimum Gasteiger partial charge on any atom is -0.332 e. The van der Waals surface area contributed by atoms with Crippen molar-refractivity contribution >= 4 is 23.6 Å². The molecule has 1 unspecified atom stereocenters. The molecule has 0 bridgehead atoms. The zero-order valence-electron chi connectivity index (χ0n) is 14.8. The number of anilines is 1. The third-order valence-corrected chi connectivity index (χ3v) is 5.52. The minimum atomic E-state index is -1.28. The third kappa shape index (κ3) is 2.20. The second-order valence-electron chi connectivity index (χ2n) is 6.98. The van der Waals surface area contributed by atoms with E-state index in [4.69, 9.17) is 11.6 Å². The number of pyridine rings is 1. The van der Waals surface area contributed by atoms with E-state index in [1.165, 1.54) is 0 Å². The minimum absolute atomic E-state index is 0.478. The Labute approximate surface area is 157 Å². The summed E-state index contributed by atoms with van der Waals surface area (Å²) in [5, 5.41) is 4.27. The summed E-state index contributed by atoms with van der Waals surface area (Å²) in [6.07, 6.45) is 6.14. The number of alkyl halides is 1. The summed E-state index contributed by atoms with van der Waals surface area (Å²) in [7, 11) is 0. The van der Waals surface area contributed by atoms with Gasteiger partial charge in [0.25, 0.3) is 0 Å². The number of aryl methyl sites for hydroxylation is 1. The first-order valence-electron chi connectivity index (χ1n) is 8.42. The van der Waals surface area contributed by atoms with Crippen LogP contribution in [0.25, 0.3) is 5.69 Å². The predicted molar refractivity (Wildman–Crippen MR) is 102 cm³/mol. The van der Waals surface area contributed by atoms with Crippen LogP contribution in [0.5, 0.6) is 0 Å². The van der Waals surface area contributed by atoms with Crippen LogP contribution >= 0.6 is 11.6 Å². The molecule has 26 heavy (non-hydrogen) atoms. The number of hydrogen-bond donors (Lipinski definition) is 0. The van der Waals surface area contributed by atoms with Gasteiger partial charge < -0.3 is 4.90 Å². The summed E-state index contributed by atoms with van der Waals surface area (Å²) in [5.74, 6) is 0. The molecule has 0 aliphatic carbocycles. The van der Waals surface area contributed by atoms with Crippen molar-refractivity contribution in [1.82, 2.24) is 14.8 Å². The second-order valence-corrected chi connectivity index (χ2v) is 7.56. The van der Waals surface area contributed by atoms with Gasteiger partial charge in [-0.3, -0.25) is 9.78 Å². The molecule has 0 saturated carbocycles. The maximum absolute atomic E-state index is 12.2. The quantitative estimate of drug-likeness (QED) is 0.400. The maximum atomic E-state index is 12.2. The van der Waals surface area contributed by atoms with E-state index in [1.54, 1.807) is 17.1 Å². The topological polar surface area (TPSA) is 51.0 Å². The summed E-state index contributed by atoms with van der Waals surface area (Å²) in [6.45, 7) is 6.06. The van der Waals surface area contributed by atoms with Crippen LogP contribution < -0.4 is 4.90 Å². The molecule has 0 radical (unpaired) electrons. The molecule has 0 amide bonds. The Balaban J connectivity index is 1.95. The molecule has 2 aromatic heterocycles. The number of fused-ring (bicyclic) bond motifs is 1. The molecule has 1 aromatic carbocycles. The van der Waals surface area contributed by atoms with E-state index < -0.39 is 10.5 Å². The van der Waals surface area contributed by atoms with Crippen LogP contribution in [0.4, 0.5) is 5.69 Å². The van der Waals surface area contributed by atoms with E-state index in [1.807, 2.05) is 54.4 Å². The van der Waals surface area contributed by atoms with Gasteiger partial charge in [-0.05, 0) is 38.5 Å². The van der Waals surface area contributed by atoms with Crippen LogP contribution in [-0.4, -0.2) is 21.1 Å². The fraction of sp³-hybridized carbons (Fsp3) is 0.250. The third-order valence-electron chi connectivity index (χ3n) is 5.06. The Bertz CT molecular complexity index is 983. The number of carbonyl (C=O) groups is 1. The molecular formula is C20H19ClN4O. The lowest BCUT2D eigenvalue weighted by Gasteiger charge is -2.41. The first-order valence-corrected chi connectivity index (χ1v) is 8.79. The highest BCUT2D eigenvalue weighted by Crippen LogP contribution is 2.53. The molecular weight excluding hydrogens is 348 g/mol. The van der Waals surface area contributed by atoms with Crippen LogP contribution in [0.1, 0.15) is 30.7 Å². The molecule has 1 aliphatic rings. The van der Waals surface area contributed by atoms with Gasteiger partial charge in [-0.2, -0.15) is 5.10 Å². The van der Waals surface area contributed by atoms with Gasteiger partial charge in [0.05, 0.1) is 28.8 Å². The van der Waals surface area contributed by atoms with Gasteiger partial charge in [-0.1, -0.05) is 35.9 Å². The number of carbonyl (C=O) groups excluding carboxylic acids is 1. The van der Waals surface area contributed by atoms with Gasteiger partial charge in [0.15, 0.2) is 11.3 Å². The van der Waals surface area contributed by atoms with E-state index in [2.05, 4.69) is 23.9 Å². The molecule has 5 nitrogen and oxygen atoms in total. The van der Waals surface area contributed by atoms with Gasteiger partial charge in [-0.15, -0.1) is 0 Å². The van der Waals surface area contributed by atoms with Gasteiger partial charge in [-0.25, -0.2) is 4.68 Å². The molecule has 0 fully saturated rings. The summed E-state index contributed by atoms with van der Waals surface area (Å²) < 4.78 is 1.74. The molecule has 0 spiro atoms. The van der Waals surface area contributed by atoms with Crippen LogP contribution in [0, 0.1) is 6.92 Å². The van der Waals surface area contributed by atoms with E-state index in [9.17, 15) is 4.79 Å². The van der Waals surface area contributed by atoms with Crippen molar-refractivity contribution in [3.63, 3.8) is 0 Å². The monoisotopic (exact) mass is 366 g/mol. The fourth-order valence-electron chi connectivity index (χ4n) is 3.85. The van der Waals surface area contributed by atoms with Gasteiger partial charge >= 0.3 is 0 Å². The SMILES string of the molecule is Cc1ncc(-n2cccn2)cc1N1C(C)(C)c2ccccc2C1(Cl)C=O. The largest absolute Gasteiger partial charge is 0.332 e. The van der Waals surface area contributed by atoms with Crippen molar-refractivity contribution in [2.75, 3.05) is 4.90 Å². The molecule has 1 aliphatic heterocycles. The normalized spacial score (nSPS) is 20.8. The molecule has 3 aromatic rings. The first kappa shape index (κ1) is 16.8. The Morgan fingerprint density at radius 3 is 2.54 bits per heavy atom. The van der Waals surface area contributed by atoms with Crippen molar-refractivity contribution in [3.8, 4) is 5.69 Å². The lowest BCUT2D eigenvalue weighted by atomic mass is 9.93. The van der Waals surface area contributed by atoms with E-state index in [0.29, 0.717) is 0 Å². The number of rotatable bonds is 3. The summed E-state index contributed by atoms with van der Waals surface area (Å²) in [5.41, 5.74) is 3.79. The van der Waals surface area contributed by atoms with Crippen LogP contribution in [-0.2, 0) is 15.3 Å². The van der Waals surface area contributed by atoms with E-state index in [-0.39, 0.29) is 0 Å². The highest BCUT2D eigenvalue weighted by atomic mass is 35.5. The summed E-state index contributed by atoms with van der Waals surface area (Å²) in [6, 6.07) is 11.6. The molecule has 3 heterocycles. The van der Waals surface area contributed by atoms with Crippen LogP contribution in [0.15, 0.2) is 55.0 Å². The molecule has 6 heteroatoms. The lowest BCUT2D eigenvalue weighted by Crippen LogP contribution is -2.47. The zero-order chi connectivity index (χ0) is 18.5. The number of aldehydes is 1. The maximum Gasteiger partial charge on any atom is 0.197 e. The standard InChI is InChI=1S/C20H19ClN4O/c1-14-18(11-15(12-22-14)24-10-6-9-23-24)25-19(2,3)16-7-4-5-8-17(16)20(25,21)13-26/h4-13H,1-3H3. The second kappa shape index (κ2) is 5.68. The van der Waals surface area contributed by atoms with E-state index >= 15 is 0 Å². The van der Waals surface area contributed by atoms with Crippen LogP contribution in [0.3, 0.4) is 0 Å². The first-order chi connectivity index (χ1) is 12.4. The van der Waals surface area contributed by atoms with Gasteiger partial charge in [0.2, 0.25) is 0 Å². The predicted octanol–water partition coefficient (Wildman–Crippen LogP) is 3.92. The number of halogens is 1. The average Bonchev–Trinajstić information content (AvgIpc) is 3.22. The van der Waals surface area contributed by atoms with Crippen molar-refractivity contribution in [2.45, 2.75) is 31.3 Å². The molecule has 0 saturated heterocycles. The molecule has 0 N–H and O–H groups in total. The van der Waals surface area contributed by atoms with Gasteiger partial charge in [0, 0.05) is 18.0 Å². The van der Waals surface area contributed by atoms with Crippen molar-refractivity contribution in [3.05, 3.63) is 71.8 Å². The number of aromatic nitrogens is 3. The van der Waals surface area contributed by atoms with Gasteiger partial charge in [0.1, 0.15) is 0 Å². The number of benzene rings is 1. The smallest absolute Gasteiger partial charge is 0.197 e. The Morgan fingerprint density at radius 2 is 1.88 bits per heavy atom. The van der Waals surface area contributed by atoms with Crippen molar-refractivity contribution < 1.29 is 4.79 Å². The Morgan fingerprint density at radius 1 is 1.15 bits per heavy atom.